The molecule has 0 bridgehead atoms. The summed E-state index contributed by atoms with van der Waals surface area (Å²) in [5.41, 5.74) is 4.53. The molecular weight excluding hydrogens is 424 g/mol. The highest BCUT2D eigenvalue weighted by Gasteiger charge is 2.49. The molecule has 1 unspecified atom stereocenters. The largest absolute Gasteiger partial charge is 0.507 e. The van der Waals surface area contributed by atoms with Crippen LogP contribution in [-0.4, -0.2) is 41.8 Å². The summed E-state index contributed by atoms with van der Waals surface area (Å²) in [6.07, 6.45) is 3.87. The maximum absolute atomic E-state index is 13.4. The van der Waals surface area contributed by atoms with E-state index in [1.165, 1.54) is 0 Å². The van der Waals surface area contributed by atoms with Gasteiger partial charge in [0.2, 0.25) is 0 Å². The smallest absolute Gasteiger partial charge is 0.295 e. The Balaban J connectivity index is 1.91. The summed E-state index contributed by atoms with van der Waals surface area (Å²) < 4.78 is 0. The second-order valence-corrected chi connectivity index (χ2v) is 10.9. The third-order valence-corrected chi connectivity index (χ3v) is 7.28. The van der Waals surface area contributed by atoms with E-state index < -0.39 is 17.7 Å². The van der Waals surface area contributed by atoms with E-state index in [0.717, 1.165) is 48.1 Å². The zero-order valence-corrected chi connectivity index (χ0v) is 21.2. The lowest BCUT2D eigenvalue weighted by molar-refractivity contribution is -0.141. The zero-order valence-electron chi connectivity index (χ0n) is 21.2. The van der Waals surface area contributed by atoms with Crippen LogP contribution in [0.3, 0.4) is 0 Å². The summed E-state index contributed by atoms with van der Waals surface area (Å²) in [7, 11) is 3.95. The van der Waals surface area contributed by atoms with E-state index in [-0.39, 0.29) is 22.8 Å². The topological polar surface area (TPSA) is 60.9 Å². The van der Waals surface area contributed by atoms with E-state index >= 15 is 0 Å². The third kappa shape index (κ3) is 4.24. The minimum Gasteiger partial charge on any atom is -0.507 e. The van der Waals surface area contributed by atoms with Gasteiger partial charge in [-0.25, -0.2) is 0 Å². The van der Waals surface area contributed by atoms with Gasteiger partial charge in [0.05, 0.1) is 11.6 Å². The number of ketones is 1. The van der Waals surface area contributed by atoms with Crippen molar-refractivity contribution in [2.45, 2.75) is 70.9 Å². The summed E-state index contributed by atoms with van der Waals surface area (Å²) in [4.78, 5) is 30.5. The molecule has 1 amide bonds. The maximum Gasteiger partial charge on any atom is 0.295 e. The molecule has 1 saturated carbocycles. The average Bonchev–Trinajstić information content (AvgIpc) is 3.40. The summed E-state index contributed by atoms with van der Waals surface area (Å²) in [6.45, 7) is 8.28. The molecule has 0 spiro atoms. The van der Waals surface area contributed by atoms with Crippen LogP contribution in [0.15, 0.2) is 48.0 Å². The van der Waals surface area contributed by atoms with Gasteiger partial charge in [0.1, 0.15) is 5.76 Å². The van der Waals surface area contributed by atoms with E-state index in [0.29, 0.717) is 5.56 Å². The lowest BCUT2D eigenvalue weighted by Gasteiger charge is -2.31. The Morgan fingerprint density at radius 1 is 1.00 bits per heavy atom. The number of carbonyl (C=O) groups excluding carboxylic acids is 2. The number of Topliss-reactive ketones (excluding diaryl/α,β-unsaturated/α-hetero) is 1. The molecule has 34 heavy (non-hydrogen) atoms. The molecule has 180 valence electrons. The quantitative estimate of drug-likeness (QED) is 0.360. The second kappa shape index (κ2) is 8.94. The first kappa shape index (κ1) is 24.1. The van der Waals surface area contributed by atoms with Gasteiger partial charge in [0.25, 0.3) is 11.7 Å². The van der Waals surface area contributed by atoms with E-state index in [4.69, 9.17) is 0 Å². The van der Waals surface area contributed by atoms with E-state index in [2.05, 4.69) is 26.8 Å². The van der Waals surface area contributed by atoms with Crippen molar-refractivity contribution < 1.29 is 14.7 Å². The van der Waals surface area contributed by atoms with Crippen molar-refractivity contribution in [1.82, 2.24) is 4.90 Å². The van der Waals surface area contributed by atoms with Crippen molar-refractivity contribution in [3.8, 4) is 0 Å². The van der Waals surface area contributed by atoms with Crippen LogP contribution in [0.1, 0.15) is 74.8 Å². The number of aliphatic hydroxyl groups excluding tert-OH is 1. The molecular formula is C29H36N2O3. The van der Waals surface area contributed by atoms with Crippen LogP contribution in [0, 0.1) is 6.92 Å². The highest BCUT2D eigenvalue weighted by molar-refractivity contribution is 6.46. The van der Waals surface area contributed by atoms with Crippen molar-refractivity contribution in [3.63, 3.8) is 0 Å². The highest BCUT2D eigenvalue weighted by atomic mass is 16.3. The fraction of sp³-hybridized carbons (Fsp3) is 0.448. The Bertz CT molecular complexity index is 1130. The van der Waals surface area contributed by atoms with Gasteiger partial charge in [-0.3, -0.25) is 9.59 Å². The number of aryl methyl sites for hydroxylation is 1. The molecule has 4 rings (SSSR count). The molecule has 1 saturated heterocycles. The van der Waals surface area contributed by atoms with Crippen LogP contribution in [0.5, 0.6) is 0 Å². The molecule has 2 aromatic carbocycles. The van der Waals surface area contributed by atoms with Gasteiger partial charge in [0, 0.05) is 31.4 Å². The van der Waals surface area contributed by atoms with Gasteiger partial charge in [-0.05, 0) is 60.1 Å². The number of nitrogens with zero attached hydrogens (tertiary/aromatic N) is 2. The van der Waals surface area contributed by atoms with Gasteiger partial charge in [-0.1, -0.05) is 57.9 Å². The molecule has 1 N–H and O–H groups in total. The normalized spacial score (nSPS) is 20.9. The van der Waals surface area contributed by atoms with Crippen LogP contribution in [0.2, 0.25) is 0 Å². The zero-order chi connectivity index (χ0) is 24.8. The first-order valence-corrected chi connectivity index (χ1v) is 12.2. The van der Waals surface area contributed by atoms with Crippen LogP contribution < -0.4 is 4.90 Å². The van der Waals surface area contributed by atoms with Crippen molar-refractivity contribution in [2.24, 2.45) is 0 Å². The Morgan fingerprint density at radius 2 is 1.62 bits per heavy atom. The minimum atomic E-state index is -0.591. The van der Waals surface area contributed by atoms with E-state index in [9.17, 15) is 14.7 Å². The van der Waals surface area contributed by atoms with Crippen molar-refractivity contribution >= 4 is 23.1 Å². The molecule has 0 aromatic heterocycles. The molecule has 1 aliphatic heterocycles. The van der Waals surface area contributed by atoms with Gasteiger partial charge in [0.15, 0.2) is 0 Å². The molecule has 1 heterocycles. The molecule has 5 heteroatoms. The molecule has 5 nitrogen and oxygen atoms in total. The van der Waals surface area contributed by atoms with E-state index in [1.807, 2.05) is 62.3 Å². The summed E-state index contributed by atoms with van der Waals surface area (Å²) in [5.74, 6) is -1.17. The number of aliphatic hydroxyl groups is 1. The van der Waals surface area contributed by atoms with Gasteiger partial charge >= 0.3 is 0 Å². The Hall–Kier alpha value is -3.08. The lowest BCUT2D eigenvalue weighted by atomic mass is 9.84. The van der Waals surface area contributed by atoms with Gasteiger partial charge in [-0.15, -0.1) is 0 Å². The van der Waals surface area contributed by atoms with Crippen LogP contribution >= 0.6 is 0 Å². The minimum absolute atomic E-state index is 0.0160. The highest BCUT2D eigenvalue weighted by Crippen LogP contribution is 2.44. The molecule has 2 aromatic rings. The third-order valence-electron chi connectivity index (χ3n) is 7.28. The molecule has 1 aliphatic carbocycles. The van der Waals surface area contributed by atoms with Gasteiger partial charge < -0.3 is 14.9 Å². The first-order chi connectivity index (χ1) is 16.0. The number of benzene rings is 2. The number of rotatable bonds is 4. The standard InChI is InChI=1S/C29H36N2O3/c1-18-11-14-20(29(2,3)4)17-23(18)26(32)24-25(19-12-15-21(16-13-19)30(5)6)31(28(34)27(24)33)22-9-7-8-10-22/h11-17,22,25,32H,7-10H2,1-6H3/b26-24+. The van der Waals surface area contributed by atoms with Crippen LogP contribution in [-0.2, 0) is 15.0 Å². The molecule has 2 fully saturated rings. The fourth-order valence-electron chi connectivity index (χ4n) is 5.18. The van der Waals surface area contributed by atoms with Crippen molar-refractivity contribution in [2.75, 3.05) is 19.0 Å². The van der Waals surface area contributed by atoms with Gasteiger partial charge in [-0.2, -0.15) is 0 Å². The predicted molar refractivity (Wildman–Crippen MR) is 137 cm³/mol. The Labute approximate surface area is 203 Å². The van der Waals surface area contributed by atoms with E-state index in [1.54, 1.807) is 4.90 Å². The average molecular weight is 461 g/mol. The fourth-order valence-corrected chi connectivity index (χ4v) is 5.18. The summed E-state index contributed by atoms with van der Waals surface area (Å²) in [6, 6.07) is 13.4. The molecule has 0 radical (unpaired) electrons. The molecule has 1 atom stereocenters. The number of amides is 1. The Kier molecular flexibility index (Phi) is 6.32. The number of carbonyl (C=O) groups is 2. The predicted octanol–water partition coefficient (Wildman–Crippen LogP) is 5.72. The van der Waals surface area contributed by atoms with Crippen molar-refractivity contribution in [1.29, 1.82) is 0 Å². The van der Waals surface area contributed by atoms with Crippen molar-refractivity contribution in [3.05, 3.63) is 70.3 Å². The lowest BCUT2D eigenvalue weighted by Crippen LogP contribution is -2.37. The number of likely N-dealkylation sites (tertiary alicyclic amines) is 1. The second-order valence-electron chi connectivity index (χ2n) is 10.9. The SMILES string of the molecule is Cc1ccc(C(C)(C)C)cc1/C(O)=C1\C(=O)C(=O)N(C2CCCC2)C1c1ccc(N(C)C)cc1. The number of anilines is 1. The van der Waals surface area contributed by atoms with Crippen LogP contribution in [0.4, 0.5) is 5.69 Å². The van der Waals surface area contributed by atoms with Crippen LogP contribution in [0.25, 0.3) is 5.76 Å². The summed E-state index contributed by atoms with van der Waals surface area (Å²) >= 11 is 0. The Morgan fingerprint density at radius 3 is 2.18 bits per heavy atom. The monoisotopic (exact) mass is 460 g/mol. The first-order valence-electron chi connectivity index (χ1n) is 12.2. The molecule has 2 aliphatic rings. The maximum atomic E-state index is 13.4. The number of hydrogen-bond acceptors (Lipinski definition) is 4. The number of hydrogen-bond donors (Lipinski definition) is 1. The summed E-state index contributed by atoms with van der Waals surface area (Å²) in [5, 5.41) is 11.6.